The summed E-state index contributed by atoms with van der Waals surface area (Å²) in [5.74, 6) is 1.45. The van der Waals surface area contributed by atoms with Gasteiger partial charge in [0.1, 0.15) is 0 Å². The van der Waals surface area contributed by atoms with E-state index in [2.05, 4.69) is 28.6 Å². The topological polar surface area (TPSA) is 0 Å². The van der Waals surface area contributed by atoms with Gasteiger partial charge in [-0.2, -0.15) is 12.6 Å². The van der Waals surface area contributed by atoms with Crippen molar-refractivity contribution in [3.8, 4) is 0 Å². The van der Waals surface area contributed by atoms with Gasteiger partial charge in [0.2, 0.25) is 0 Å². The van der Waals surface area contributed by atoms with Crippen LogP contribution in [0.1, 0.15) is 0 Å². The number of rotatable bonds is 2. The first-order valence-corrected chi connectivity index (χ1v) is 3.70. The third kappa shape index (κ3) is 3.32. The molecule has 0 heterocycles. The number of thiol groups is 1. The lowest BCUT2D eigenvalue weighted by molar-refractivity contribution is 1.17. The van der Waals surface area contributed by atoms with E-state index < -0.39 is 0 Å². The monoisotopic (exact) mass is 188 g/mol. The van der Waals surface area contributed by atoms with Crippen molar-refractivity contribution in [2.75, 3.05) is 11.6 Å². The molecular weight excluding hydrogens is 183 g/mol. The molecule has 0 aliphatic carbocycles. The summed E-state index contributed by atoms with van der Waals surface area (Å²) in [4.78, 5) is 0.377. The average molecular weight is 190 g/mol. The smallest absolute Gasteiger partial charge is 0.0369 e. The van der Waals surface area contributed by atoms with Crippen LogP contribution < -0.4 is 0 Å². The first-order chi connectivity index (χ1) is 2.81. The molecule has 38 valence electrons. The summed E-state index contributed by atoms with van der Waals surface area (Å²) in [5.41, 5.74) is 0. The Balaban J connectivity index is 2.75. The van der Waals surface area contributed by atoms with Crippen molar-refractivity contribution in [2.24, 2.45) is 0 Å². The van der Waals surface area contributed by atoms with Gasteiger partial charge in [-0.1, -0.05) is 15.9 Å². The lowest BCUT2D eigenvalue weighted by atomic mass is 10.6. The van der Waals surface area contributed by atoms with Crippen molar-refractivity contribution in [3.63, 3.8) is 0 Å². The summed E-state index contributed by atoms with van der Waals surface area (Å²) in [6.07, 6.45) is 0. The van der Waals surface area contributed by atoms with Gasteiger partial charge in [-0.25, -0.2) is 0 Å². The summed E-state index contributed by atoms with van der Waals surface area (Å²) in [6.45, 7) is 0. The molecule has 0 aromatic rings. The van der Waals surface area contributed by atoms with Gasteiger partial charge in [0.15, 0.2) is 0 Å². The van der Waals surface area contributed by atoms with E-state index >= 15 is 0 Å². The molecule has 6 heavy (non-hydrogen) atoms. The van der Waals surface area contributed by atoms with E-state index in [1.165, 1.54) is 0 Å². The Kier molecular flexibility index (Phi) is 5.08. The largest absolute Gasteiger partial charge is 0.178 e. The number of alkyl halides is 2. The maximum Gasteiger partial charge on any atom is 0.0369 e. The van der Waals surface area contributed by atoms with Gasteiger partial charge in [-0.3, -0.25) is 0 Å². The van der Waals surface area contributed by atoms with Crippen LogP contribution in [0.4, 0.5) is 0 Å². The maximum atomic E-state index is 5.36. The van der Waals surface area contributed by atoms with Crippen LogP contribution in [0.5, 0.6) is 0 Å². The van der Waals surface area contributed by atoms with Crippen LogP contribution in [0.2, 0.25) is 0 Å². The van der Waals surface area contributed by atoms with Gasteiger partial charge in [0, 0.05) is 16.5 Å². The zero-order valence-corrected chi connectivity index (χ0v) is 6.43. The fourth-order valence-electron chi connectivity index (χ4n) is 0.0488. The van der Waals surface area contributed by atoms with Gasteiger partial charge in [0.05, 0.1) is 0 Å². The Bertz CT molecular complexity index is 30.0. The van der Waals surface area contributed by atoms with Crippen molar-refractivity contribution in [2.45, 2.75) is 4.83 Å². The zero-order chi connectivity index (χ0) is 4.99. The molecule has 0 amide bonds. The minimum atomic E-state index is 0.377. The first kappa shape index (κ1) is 7.12. The standard InChI is InChI=1S/C3H6BrClS/c4-3(1-5)2-6/h3,6H,1-2H2. The minimum Gasteiger partial charge on any atom is -0.178 e. The quantitative estimate of drug-likeness (QED) is 0.498. The highest BCUT2D eigenvalue weighted by Crippen LogP contribution is 2.01. The summed E-state index contributed by atoms with van der Waals surface area (Å²) in [7, 11) is 0. The predicted octanol–water partition coefficient (Wildman–Crippen LogP) is 1.92. The fraction of sp³-hybridized carbons (Fsp3) is 1.00. The molecule has 0 aliphatic rings. The van der Waals surface area contributed by atoms with E-state index in [0.717, 1.165) is 5.75 Å². The highest BCUT2D eigenvalue weighted by Gasteiger charge is 1.93. The molecule has 3 heteroatoms. The van der Waals surface area contributed by atoms with Crippen LogP contribution in [0.25, 0.3) is 0 Å². The minimum absolute atomic E-state index is 0.377. The molecule has 0 rings (SSSR count). The molecule has 0 radical (unpaired) electrons. The highest BCUT2D eigenvalue weighted by molar-refractivity contribution is 9.09. The second-order valence-electron chi connectivity index (χ2n) is 0.934. The molecule has 0 bridgehead atoms. The highest BCUT2D eigenvalue weighted by atomic mass is 79.9. The summed E-state index contributed by atoms with van der Waals surface area (Å²) >= 11 is 12.6. The molecule has 1 unspecified atom stereocenters. The van der Waals surface area contributed by atoms with Crippen molar-refractivity contribution in [1.29, 1.82) is 0 Å². The summed E-state index contributed by atoms with van der Waals surface area (Å²) in [6, 6.07) is 0. The van der Waals surface area contributed by atoms with E-state index in [1.807, 2.05) is 0 Å². The van der Waals surface area contributed by atoms with Crippen molar-refractivity contribution < 1.29 is 0 Å². The van der Waals surface area contributed by atoms with Gasteiger partial charge < -0.3 is 0 Å². The van der Waals surface area contributed by atoms with Gasteiger partial charge in [0.25, 0.3) is 0 Å². The van der Waals surface area contributed by atoms with Crippen molar-refractivity contribution in [1.82, 2.24) is 0 Å². The normalized spacial score (nSPS) is 14.5. The molecule has 0 fully saturated rings. The number of hydrogen-bond donors (Lipinski definition) is 1. The van der Waals surface area contributed by atoms with Crippen LogP contribution in [-0.4, -0.2) is 16.5 Å². The molecule has 0 aliphatic heterocycles. The van der Waals surface area contributed by atoms with E-state index in [-0.39, 0.29) is 0 Å². The number of halogens is 2. The lowest BCUT2D eigenvalue weighted by Gasteiger charge is -1.94. The number of hydrogen-bond acceptors (Lipinski definition) is 1. The van der Waals surface area contributed by atoms with Crippen molar-refractivity contribution >= 4 is 40.2 Å². The lowest BCUT2D eigenvalue weighted by Crippen LogP contribution is -1.98. The molecule has 0 nitrogen and oxygen atoms in total. The average Bonchev–Trinajstić information content (AvgIpc) is 1.65. The van der Waals surface area contributed by atoms with Crippen LogP contribution >= 0.6 is 40.2 Å². The van der Waals surface area contributed by atoms with Gasteiger partial charge in [-0.05, 0) is 0 Å². The Labute approximate surface area is 56.8 Å². The summed E-state index contributed by atoms with van der Waals surface area (Å²) < 4.78 is 0. The Hall–Kier alpha value is 1.12. The molecule has 1 atom stereocenters. The Morgan fingerprint density at radius 2 is 2.33 bits per heavy atom. The fourth-order valence-corrected chi connectivity index (χ4v) is 0.439. The Morgan fingerprint density at radius 1 is 1.83 bits per heavy atom. The zero-order valence-electron chi connectivity index (χ0n) is 3.19. The molecule has 0 N–H and O–H groups in total. The van der Waals surface area contributed by atoms with E-state index in [1.54, 1.807) is 0 Å². The molecule has 0 saturated heterocycles. The summed E-state index contributed by atoms with van der Waals surface area (Å²) in [5, 5.41) is 0. The third-order valence-electron chi connectivity index (χ3n) is 0.366. The van der Waals surface area contributed by atoms with Gasteiger partial charge in [-0.15, -0.1) is 11.6 Å². The SMILES string of the molecule is SCC(Br)CCl. The van der Waals surface area contributed by atoms with Crippen molar-refractivity contribution in [3.05, 3.63) is 0 Å². The third-order valence-corrected chi connectivity index (χ3v) is 2.70. The molecule has 0 aromatic heterocycles. The molecule has 0 saturated carbocycles. The first-order valence-electron chi connectivity index (χ1n) is 1.62. The van der Waals surface area contributed by atoms with Crippen LogP contribution in [0, 0.1) is 0 Å². The van der Waals surface area contributed by atoms with Gasteiger partial charge >= 0.3 is 0 Å². The second-order valence-corrected chi connectivity index (χ2v) is 2.90. The maximum absolute atomic E-state index is 5.36. The van der Waals surface area contributed by atoms with Crippen LogP contribution in [0.15, 0.2) is 0 Å². The van der Waals surface area contributed by atoms with E-state index in [9.17, 15) is 0 Å². The van der Waals surface area contributed by atoms with E-state index in [4.69, 9.17) is 11.6 Å². The molecular formula is C3H6BrClS. The Morgan fingerprint density at radius 3 is 2.33 bits per heavy atom. The molecule has 0 spiro atoms. The van der Waals surface area contributed by atoms with Crippen LogP contribution in [-0.2, 0) is 0 Å². The van der Waals surface area contributed by atoms with E-state index in [0.29, 0.717) is 10.7 Å². The predicted molar refractivity (Wildman–Crippen MR) is 37.3 cm³/mol. The second kappa shape index (κ2) is 4.28. The molecule has 0 aromatic carbocycles. The van der Waals surface area contributed by atoms with Crippen LogP contribution in [0.3, 0.4) is 0 Å².